The van der Waals surface area contributed by atoms with E-state index >= 15 is 0 Å². The largest absolute Gasteiger partial charge is 0.508 e. The predicted octanol–water partition coefficient (Wildman–Crippen LogP) is 3.32. The van der Waals surface area contributed by atoms with Gasteiger partial charge in [-0.15, -0.1) is 0 Å². The van der Waals surface area contributed by atoms with Gasteiger partial charge in [-0.3, -0.25) is 4.79 Å². The molecule has 0 radical (unpaired) electrons. The number of para-hydroxylation sites is 2. The number of aromatic hydroxyl groups is 1. The molecule has 0 saturated heterocycles. The van der Waals surface area contributed by atoms with Crippen molar-refractivity contribution in [1.29, 1.82) is 0 Å². The topological polar surface area (TPSA) is 61.4 Å². The van der Waals surface area contributed by atoms with Crippen LogP contribution in [0.25, 0.3) is 0 Å². The first-order valence-electron chi connectivity index (χ1n) is 7.58. The highest BCUT2D eigenvalue weighted by atomic mass is 16.3. The number of fused-ring (bicyclic) bond motifs is 1. The minimum absolute atomic E-state index is 0.0385. The summed E-state index contributed by atoms with van der Waals surface area (Å²) in [7, 11) is 0. The summed E-state index contributed by atoms with van der Waals surface area (Å²) in [6.07, 6.45) is 2.02. The highest BCUT2D eigenvalue weighted by molar-refractivity contribution is 5.97. The van der Waals surface area contributed by atoms with Gasteiger partial charge in [0.2, 0.25) is 5.91 Å². The van der Waals surface area contributed by atoms with E-state index in [9.17, 15) is 9.90 Å². The van der Waals surface area contributed by atoms with Crippen molar-refractivity contribution in [3.8, 4) is 5.75 Å². The van der Waals surface area contributed by atoms with E-state index in [4.69, 9.17) is 0 Å². The summed E-state index contributed by atoms with van der Waals surface area (Å²) in [6, 6.07) is 13.4. The third-order valence-electron chi connectivity index (χ3n) is 3.96. The molecule has 1 unspecified atom stereocenters. The number of carbonyl (C=O) groups excluding carboxylic acids is 1. The van der Waals surface area contributed by atoms with Gasteiger partial charge in [-0.2, -0.15) is 0 Å². The lowest BCUT2D eigenvalue weighted by Gasteiger charge is -2.16. The highest BCUT2D eigenvalue weighted by Crippen LogP contribution is 2.31. The zero-order valence-corrected chi connectivity index (χ0v) is 12.6. The van der Waals surface area contributed by atoms with E-state index in [1.165, 1.54) is 0 Å². The molecule has 114 valence electrons. The normalized spacial score (nSPS) is 17.1. The fraction of sp³-hybridized carbons (Fsp3) is 0.278. The van der Waals surface area contributed by atoms with Crippen molar-refractivity contribution < 1.29 is 9.90 Å². The minimum Gasteiger partial charge on any atom is -0.508 e. The third kappa shape index (κ3) is 3.06. The van der Waals surface area contributed by atoms with Crippen LogP contribution in [-0.2, 0) is 17.6 Å². The first kappa shape index (κ1) is 14.4. The van der Waals surface area contributed by atoms with Crippen LogP contribution in [0.4, 0.5) is 11.4 Å². The number of carbonyl (C=O) groups is 1. The number of phenols is 1. The van der Waals surface area contributed by atoms with Crippen LogP contribution in [0.5, 0.6) is 5.75 Å². The lowest BCUT2D eigenvalue weighted by atomic mass is 10.0. The Hall–Kier alpha value is -2.49. The van der Waals surface area contributed by atoms with E-state index in [0.717, 1.165) is 35.3 Å². The number of phenolic OH excluding ortho intramolecular Hbond substituents is 1. The summed E-state index contributed by atoms with van der Waals surface area (Å²) in [5.74, 6) is 0.371. The van der Waals surface area contributed by atoms with Crippen LogP contribution in [0.1, 0.15) is 24.5 Å². The molecule has 0 spiro atoms. The average Bonchev–Trinajstić information content (AvgIpc) is 2.63. The first-order valence-corrected chi connectivity index (χ1v) is 7.58. The second kappa shape index (κ2) is 6.10. The van der Waals surface area contributed by atoms with Gasteiger partial charge < -0.3 is 15.7 Å². The number of nitrogens with one attached hydrogen (secondary N) is 2. The molecule has 3 rings (SSSR count). The molecule has 0 aliphatic carbocycles. The van der Waals surface area contributed by atoms with Crippen LogP contribution in [0, 0.1) is 0 Å². The number of aryl methyl sites for hydroxylation is 2. The van der Waals surface area contributed by atoms with Crippen LogP contribution in [0.2, 0.25) is 0 Å². The number of hydrogen-bond donors (Lipinski definition) is 3. The monoisotopic (exact) mass is 296 g/mol. The van der Waals surface area contributed by atoms with Crippen molar-refractivity contribution >= 4 is 17.3 Å². The molecule has 0 fully saturated rings. The molecule has 0 saturated carbocycles. The van der Waals surface area contributed by atoms with Crippen molar-refractivity contribution in [1.82, 2.24) is 0 Å². The average molecular weight is 296 g/mol. The van der Waals surface area contributed by atoms with Gasteiger partial charge in [0.15, 0.2) is 0 Å². The molecule has 0 aromatic heterocycles. The number of rotatable bonds is 3. The Labute approximate surface area is 130 Å². The molecule has 2 aromatic carbocycles. The molecular formula is C18H20N2O2. The maximum Gasteiger partial charge on any atom is 0.226 e. The van der Waals surface area contributed by atoms with E-state index in [1.54, 1.807) is 6.07 Å². The molecule has 4 heteroatoms. The Kier molecular flexibility index (Phi) is 4.00. The van der Waals surface area contributed by atoms with Gasteiger partial charge in [0.05, 0.1) is 11.4 Å². The Morgan fingerprint density at radius 1 is 1.09 bits per heavy atom. The smallest absolute Gasteiger partial charge is 0.226 e. The van der Waals surface area contributed by atoms with Gasteiger partial charge in [-0.1, -0.05) is 30.3 Å². The zero-order valence-electron chi connectivity index (χ0n) is 12.6. The number of hydrogen-bond acceptors (Lipinski definition) is 3. The summed E-state index contributed by atoms with van der Waals surface area (Å²) >= 11 is 0. The van der Waals surface area contributed by atoms with Gasteiger partial charge >= 0.3 is 0 Å². The van der Waals surface area contributed by atoms with Crippen molar-refractivity contribution in [2.24, 2.45) is 0 Å². The second-order valence-electron chi connectivity index (χ2n) is 5.77. The van der Waals surface area contributed by atoms with Crippen molar-refractivity contribution in [2.75, 3.05) is 10.6 Å². The lowest BCUT2D eigenvalue weighted by Crippen LogP contribution is -2.19. The summed E-state index contributed by atoms with van der Waals surface area (Å²) in [6.45, 7) is 2.01. The molecule has 0 bridgehead atoms. The summed E-state index contributed by atoms with van der Waals surface area (Å²) in [5.41, 5.74) is 3.92. The molecule has 22 heavy (non-hydrogen) atoms. The summed E-state index contributed by atoms with van der Waals surface area (Å²) in [4.78, 5) is 11.8. The molecule has 1 heterocycles. The van der Waals surface area contributed by atoms with E-state index in [0.29, 0.717) is 12.2 Å². The fourth-order valence-electron chi connectivity index (χ4n) is 2.85. The molecule has 4 nitrogen and oxygen atoms in total. The van der Waals surface area contributed by atoms with Gasteiger partial charge in [0.1, 0.15) is 5.75 Å². The van der Waals surface area contributed by atoms with Crippen LogP contribution >= 0.6 is 0 Å². The Morgan fingerprint density at radius 3 is 2.64 bits per heavy atom. The van der Waals surface area contributed by atoms with Crippen molar-refractivity contribution in [2.45, 2.75) is 32.2 Å². The number of amides is 1. The van der Waals surface area contributed by atoms with E-state index in [-0.39, 0.29) is 11.9 Å². The Balaban J connectivity index is 1.85. The van der Waals surface area contributed by atoms with Gasteiger partial charge in [-0.05, 0) is 43.0 Å². The van der Waals surface area contributed by atoms with E-state index in [2.05, 4.69) is 16.7 Å². The number of anilines is 2. The van der Waals surface area contributed by atoms with Gasteiger partial charge in [0.25, 0.3) is 0 Å². The Bertz CT molecular complexity index is 697. The van der Waals surface area contributed by atoms with E-state index < -0.39 is 0 Å². The molecule has 2 aromatic rings. The summed E-state index contributed by atoms with van der Waals surface area (Å²) < 4.78 is 0. The minimum atomic E-state index is 0.0385. The van der Waals surface area contributed by atoms with Crippen LogP contribution in [0.3, 0.4) is 0 Å². The molecular weight excluding hydrogens is 276 g/mol. The molecule has 1 amide bonds. The predicted molar refractivity (Wildman–Crippen MR) is 88.3 cm³/mol. The lowest BCUT2D eigenvalue weighted by molar-refractivity contribution is -0.116. The van der Waals surface area contributed by atoms with E-state index in [1.807, 2.05) is 37.3 Å². The molecule has 1 aliphatic rings. The van der Waals surface area contributed by atoms with Crippen molar-refractivity contribution in [3.63, 3.8) is 0 Å². The van der Waals surface area contributed by atoms with Crippen LogP contribution in [0.15, 0.2) is 42.5 Å². The summed E-state index contributed by atoms with van der Waals surface area (Å²) in [5, 5.41) is 16.3. The third-order valence-corrected chi connectivity index (χ3v) is 3.96. The number of benzene rings is 2. The fourth-order valence-corrected chi connectivity index (χ4v) is 2.85. The maximum absolute atomic E-state index is 11.8. The first-order chi connectivity index (χ1) is 10.6. The van der Waals surface area contributed by atoms with Gasteiger partial charge in [-0.25, -0.2) is 0 Å². The highest BCUT2D eigenvalue weighted by Gasteiger charge is 2.19. The zero-order chi connectivity index (χ0) is 15.5. The van der Waals surface area contributed by atoms with Crippen LogP contribution in [-0.4, -0.2) is 17.1 Å². The van der Waals surface area contributed by atoms with Crippen molar-refractivity contribution in [3.05, 3.63) is 53.6 Å². The molecule has 1 aliphatic heterocycles. The van der Waals surface area contributed by atoms with Crippen LogP contribution < -0.4 is 10.6 Å². The molecule has 1 atom stereocenters. The SMILES string of the molecule is CC1CC(=O)Nc2cccc(CCc3ccccc3O)c2N1. The maximum atomic E-state index is 11.8. The molecule has 3 N–H and O–H groups in total. The standard InChI is InChI=1S/C18H20N2O2/c1-12-11-17(22)20-15-7-4-6-14(18(15)19-12)10-9-13-5-2-3-8-16(13)21/h2-8,12,19,21H,9-11H2,1H3,(H,20,22). The Morgan fingerprint density at radius 2 is 1.82 bits per heavy atom. The second-order valence-corrected chi connectivity index (χ2v) is 5.77. The van der Waals surface area contributed by atoms with Gasteiger partial charge in [0, 0.05) is 12.5 Å². The quantitative estimate of drug-likeness (QED) is 0.814.